The number of aliphatic hydroxyl groups is 1. The summed E-state index contributed by atoms with van der Waals surface area (Å²) in [5.41, 5.74) is -0.664. The van der Waals surface area contributed by atoms with Gasteiger partial charge in [0, 0.05) is 19.1 Å². The summed E-state index contributed by atoms with van der Waals surface area (Å²) < 4.78 is 0. The second kappa shape index (κ2) is 4.58. The lowest BCUT2D eigenvalue weighted by molar-refractivity contribution is -0.133. The minimum absolute atomic E-state index is 0.00791. The molecule has 2 rings (SSSR count). The Hall–Kier alpha value is -0.610. The van der Waals surface area contributed by atoms with Gasteiger partial charge in [0.05, 0.1) is 12.0 Å². The van der Waals surface area contributed by atoms with Crippen molar-refractivity contribution in [2.45, 2.75) is 32.7 Å². The number of hydrogen-bond donors (Lipinski definition) is 2. The third kappa shape index (κ3) is 2.47. The molecule has 2 N–H and O–H groups in total. The first-order chi connectivity index (χ1) is 7.94. The van der Waals surface area contributed by atoms with Gasteiger partial charge in [-0.05, 0) is 45.6 Å². The minimum atomic E-state index is -0.664. The monoisotopic (exact) mass is 240 g/mol. The van der Waals surface area contributed by atoms with Crippen molar-refractivity contribution in [1.82, 2.24) is 10.2 Å². The molecule has 0 unspecified atom stereocenters. The van der Waals surface area contributed by atoms with E-state index in [0.29, 0.717) is 17.9 Å². The van der Waals surface area contributed by atoms with Gasteiger partial charge in [-0.15, -0.1) is 0 Å². The van der Waals surface area contributed by atoms with Crippen molar-refractivity contribution in [2.24, 2.45) is 17.3 Å². The molecule has 4 heteroatoms. The third-order valence-corrected chi connectivity index (χ3v) is 4.32. The molecule has 17 heavy (non-hydrogen) atoms. The lowest BCUT2D eigenvalue weighted by Crippen LogP contribution is -2.54. The van der Waals surface area contributed by atoms with Crippen LogP contribution < -0.4 is 5.32 Å². The molecule has 1 aliphatic heterocycles. The molecule has 1 amide bonds. The zero-order chi connectivity index (χ0) is 12.6. The Morgan fingerprint density at radius 1 is 1.35 bits per heavy atom. The van der Waals surface area contributed by atoms with Crippen LogP contribution in [0.2, 0.25) is 0 Å². The maximum absolute atomic E-state index is 12.1. The molecule has 2 aliphatic rings. The normalized spacial score (nSPS) is 33.8. The molecule has 0 aromatic heterocycles. The van der Waals surface area contributed by atoms with Crippen molar-refractivity contribution in [3.05, 3.63) is 0 Å². The molecular formula is C13H24N2O2. The number of aliphatic hydroxyl groups excluding tert-OH is 1. The minimum Gasteiger partial charge on any atom is -0.395 e. The standard InChI is InChI=1S/C13H24N2O2/c1-13(2,8-16)12(17)14-11-9-4-5-10(11)7-15(3)6-9/h9-11,16H,4-8H2,1-3H3,(H,14,17)/t9-,10+,11-. The zero-order valence-corrected chi connectivity index (χ0v) is 11.1. The van der Waals surface area contributed by atoms with E-state index in [0.717, 1.165) is 13.1 Å². The predicted octanol–water partition coefficient (Wildman–Crippen LogP) is 0.461. The number of hydrogen-bond acceptors (Lipinski definition) is 3. The lowest BCUT2D eigenvalue weighted by Gasteiger charge is -2.37. The number of nitrogens with one attached hydrogen (secondary N) is 1. The van der Waals surface area contributed by atoms with E-state index in [4.69, 9.17) is 0 Å². The number of carbonyl (C=O) groups is 1. The van der Waals surface area contributed by atoms with Crippen molar-refractivity contribution >= 4 is 5.91 Å². The molecule has 0 radical (unpaired) electrons. The summed E-state index contributed by atoms with van der Waals surface area (Å²) >= 11 is 0. The van der Waals surface area contributed by atoms with Crippen LogP contribution >= 0.6 is 0 Å². The number of amides is 1. The fraction of sp³-hybridized carbons (Fsp3) is 0.923. The first-order valence-corrected chi connectivity index (χ1v) is 6.54. The maximum atomic E-state index is 12.1. The van der Waals surface area contributed by atoms with Gasteiger partial charge in [0.25, 0.3) is 0 Å². The summed E-state index contributed by atoms with van der Waals surface area (Å²) in [6.07, 6.45) is 2.44. The first kappa shape index (κ1) is 12.8. The van der Waals surface area contributed by atoms with Gasteiger partial charge in [-0.25, -0.2) is 0 Å². The summed E-state index contributed by atoms with van der Waals surface area (Å²) in [7, 11) is 2.15. The Morgan fingerprint density at radius 2 is 1.88 bits per heavy atom. The Kier molecular flexibility index (Phi) is 3.46. The second-order valence-electron chi connectivity index (χ2n) is 6.36. The van der Waals surface area contributed by atoms with Gasteiger partial charge >= 0.3 is 0 Å². The highest BCUT2D eigenvalue weighted by molar-refractivity contribution is 5.82. The zero-order valence-electron chi connectivity index (χ0n) is 11.1. The van der Waals surface area contributed by atoms with Gasteiger partial charge in [0.15, 0.2) is 0 Å². The highest BCUT2D eigenvalue weighted by Gasteiger charge is 2.43. The highest BCUT2D eigenvalue weighted by atomic mass is 16.3. The summed E-state index contributed by atoms with van der Waals surface area (Å²) in [6.45, 7) is 5.65. The van der Waals surface area contributed by atoms with Gasteiger partial charge in [-0.2, -0.15) is 0 Å². The van der Waals surface area contributed by atoms with Crippen LogP contribution in [0, 0.1) is 17.3 Å². The van der Waals surface area contributed by atoms with E-state index in [2.05, 4.69) is 17.3 Å². The molecule has 98 valence electrons. The van der Waals surface area contributed by atoms with Gasteiger partial charge in [0.2, 0.25) is 5.91 Å². The van der Waals surface area contributed by atoms with E-state index in [1.54, 1.807) is 13.8 Å². The van der Waals surface area contributed by atoms with Crippen molar-refractivity contribution in [3.63, 3.8) is 0 Å². The topological polar surface area (TPSA) is 52.6 Å². The SMILES string of the molecule is CN1C[C@H]2CC[C@@H](C1)[C@@H]2NC(=O)C(C)(C)CO. The smallest absolute Gasteiger partial charge is 0.228 e. The molecule has 2 bridgehead atoms. The second-order valence-corrected chi connectivity index (χ2v) is 6.36. The first-order valence-electron chi connectivity index (χ1n) is 6.54. The molecule has 0 spiro atoms. The Bertz CT molecular complexity index is 290. The number of likely N-dealkylation sites (tertiary alicyclic amines) is 1. The molecule has 4 nitrogen and oxygen atoms in total. The van der Waals surface area contributed by atoms with Gasteiger partial charge < -0.3 is 15.3 Å². The lowest BCUT2D eigenvalue weighted by atomic mass is 9.89. The maximum Gasteiger partial charge on any atom is 0.228 e. The molecular weight excluding hydrogens is 216 g/mol. The van der Waals surface area contributed by atoms with E-state index in [1.807, 2.05) is 0 Å². The molecule has 0 aromatic carbocycles. The molecule has 1 saturated heterocycles. The van der Waals surface area contributed by atoms with E-state index >= 15 is 0 Å². The summed E-state index contributed by atoms with van der Waals surface area (Å²) in [6, 6.07) is 0.324. The van der Waals surface area contributed by atoms with Crippen LogP contribution in [0.4, 0.5) is 0 Å². The molecule has 3 atom stereocenters. The van der Waals surface area contributed by atoms with E-state index in [-0.39, 0.29) is 12.5 Å². The molecule has 1 saturated carbocycles. The van der Waals surface area contributed by atoms with Crippen molar-refractivity contribution in [2.75, 3.05) is 26.7 Å². The predicted molar refractivity (Wildman–Crippen MR) is 66.5 cm³/mol. The van der Waals surface area contributed by atoms with E-state index in [9.17, 15) is 9.90 Å². The Balaban J connectivity index is 1.99. The summed E-state index contributed by atoms with van der Waals surface area (Å²) in [5.74, 6) is 1.18. The Labute approximate surface area is 103 Å². The molecule has 1 aliphatic carbocycles. The van der Waals surface area contributed by atoms with Crippen LogP contribution in [0.1, 0.15) is 26.7 Å². The number of fused-ring (bicyclic) bond motifs is 2. The molecule has 2 fully saturated rings. The number of piperidine rings is 1. The van der Waals surface area contributed by atoms with Gasteiger partial charge in [-0.1, -0.05) is 0 Å². The van der Waals surface area contributed by atoms with Crippen LogP contribution in [-0.2, 0) is 4.79 Å². The van der Waals surface area contributed by atoms with E-state index < -0.39 is 5.41 Å². The van der Waals surface area contributed by atoms with Gasteiger partial charge in [-0.3, -0.25) is 4.79 Å². The van der Waals surface area contributed by atoms with Crippen LogP contribution in [0.5, 0.6) is 0 Å². The summed E-state index contributed by atoms with van der Waals surface area (Å²) in [4.78, 5) is 14.4. The van der Waals surface area contributed by atoms with Crippen LogP contribution in [-0.4, -0.2) is 48.7 Å². The van der Waals surface area contributed by atoms with Crippen LogP contribution in [0.25, 0.3) is 0 Å². The number of nitrogens with zero attached hydrogens (tertiary/aromatic N) is 1. The largest absolute Gasteiger partial charge is 0.395 e. The summed E-state index contributed by atoms with van der Waals surface area (Å²) in [5, 5.41) is 12.4. The van der Waals surface area contributed by atoms with Crippen molar-refractivity contribution in [1.29, 1.82) is 0 Å². The number of rotatable bonds is 3. The van der Waals surface area contributed by atoms with Crippen LogP contribution in [0.3, 0.4) is 0 Å². The van der Waals surface area contributed by atoms with E-state index in [1.165, 1.54) is 12.8 Å². The third-order valence-electron chi connectivity index (χ3n) is 4.32. The van der Waals surface area contributed by atoms with Crippen LogP contribution in [0.15, 0.2) is 0 Å². The Morgan fingerprint density at radius 3 is 2.35 bits per heavy atom. The van der Waals surface area contributed by atoms with Crippen molar-refractivity contribution < 1.29 is 9.90 Å². The molecule has 1 heterocycles. The number of carbonyl (C=O) groups excluding carboxylic acids is 1. The quantitative estimate of drug-likeness (QED) is 0.753. The fourth-order valence-electron chi connectivity index (χ4n) is 3.11. The average Bonchev–Trinajstić information content (AvgIpc) is 2.51. The fourth-order valence-corrected chi connectivity index (χ4v) is 3.11. The highest BCUT2D eigenvalue weighted by Crippen LogP contribution is 2.36. The van der Waals surface area contributed by atoms with Crippen molar-refractivity contribution in [3.8, 4) is 0 Å². The average molecular weight is 240 g/mol. The van der Waals surface area contributed by atoms with Gasteiger partial charge in [0.1, 0.15) is 0 Å². The molecule has 0 aromatic rings.